The number of aldehydes is 1. The summed E-state index contributed by atoms with van der Waals surface area (Å²) in [5.41, 5.74) is -1.72. The molecule has 1 saturated heterocycles. The molecule has 0 spiro atoms. The fraction of sp³-hybridized carbons (Fsp3) is 0.353. The number of carbonyl (C=O) groups is 1. The van der Waals surface area contributed by atoms with E-state index in [4.69, 9.17) is 18.3 Å². The van der Waals surface area contributed by atoms with Gasteiger partial charge in [0.15, 0.2) is 12.5 Å². The van der Waals surface area contributed by atoms with Crippen molar-refractivity contribution in [1.82, 2.24) is 9.55 Å². The van der Waals surface area contributed by atoms with E-state index in [2.05, 4.69) is 0 Å². The fourth-order valence-corrected chi connectivity index (χ4v) is 4.36. The summed E-state index contributed by atoms with van der Waals surface area (Å²) in [5, 5.41) is 10.2. The van der Waals surface area contributed by atoms with Crippen molar-refractivity contribution in [2.24, 2.45) is 0 Å². The van der Waals surface area contributed by atoms with Crippen LogP contribution in [0.2, 0.25) is 0 Å². The van der Waals surface area contributed by atoms with E-state index >= 15 is 4.39 Å². The predicted molar refractivity (Wildman–Crippen MR) is 96.7 cm³/mol. The van der Waals surface area contributed by atoms with E-state index in [0.29, 0.717) is 10.1 Å². The number of aromatic nitrogens is 2. The van der Waals surface area contributed by atoms with Crippen LogP contribution in [0.15, 0.2) is 40.1 Å². The average Bonchev–Trinajstić information content (AvgIpc) is 3.01. The molecule has 3 heterocycles. The van der Waals surface area contributed by atoms with Gasteiger partial charge in [0.05, 0.1) is 12.2 Å². The van der Waals surface area contributed by atoms with Crippen LogP contribution in [0.3, 0.4) is 0 Å². The first-order chi connectivity index (χ1) is 14.2. The molecule has 0 bridgehead atoms. The molecule has 1 unspecified atom stereocenters. The van der Waals surface area contributed by atoms with Crippen LogP contribution >= 0.6 is 7.82 Å². The average molecular weight is 442 g/mol. The zero-order chi connectivity index (χ0) is 21.5. The minimum atomic E-state index is -4.14. The molecule has 0 aliphatic carbocycles. The molecule has 1 fully saturated rings. The number of hydrogen-bond donors (Lipinski definition) is 2. The highest BCUT2D eigenvalue weighted by Crippen LogP contribution is 2.55. The molecule has 0 amide bonds. The van der Waals surface area contributed by atoms with Crippen molar-refractivity contribution < 1.29 is 37.2 Å². The lowest BCUT2D eigenvalue weighted by Crippen LogP contribution is -2.37. The van der Waals surface area contributed by atoms with Crippen molar-refractivity contribution in [1.29, 1.82) is 0 Å². The third-order valence-electron chi connectivity index (χ3n) is 4.57. The van der Waals surface area contributed by atoms with Gasteiger partial charge in [0.25, 0.3) is 5.56 Å². The summed E-state index contributed by atoms with van der Waals surface area (Å²) < 4.78 is 48.9. The Labute approximate surface area is 167 Å². The molecule has 30 heavy (non-hydrogen) atoms. The molecule has 2 N–H and O–H groups in total. The van der Waals surface area contributed by atoms with E-state index in [9.17, 15) is 24.1 Å². The fourth-order valence-electron chi connectivity index (χ4n) is 3.11. The largest absolute Gasteiger partial charge is 0.530 e. The molecular weight excluding hydrogens is 426 g/mol. The second kappa shape index (κ2) is 7.56. The number of carbonyl (C=O) groups excluding carboxylic acids is 1. The summed E-state index contributed by atoms with van der Waals surface area (Å²) >= 11 is 0. The highest BCUT2D eigenvalue weighted by atomic mass is 31.2. The third-order valence-corrected chi connectivity index (χ3v) is 5.88. The highest BCUT2D eigenvalue weighted by molar-refractivity contribution is 7.49. The van der Waals surface area contributed by atoms with Crippen molar-refractivity contribution in [3.8, 4) is 5.75 Å². The SMILES string of the molecule is O=Cc1cn([C@@H]2O[C@](F)(COP3(=O)OCc4ccccc4O3)C[C@H]2O)c(=O)[nH]c1=O. The number of phosphoric ester groups is 1. The summed E-state index contributed by atoms with van der Waals surface area (Å²) in [6, 6.07) is 6.65. The Balaban J connectivity index is 1.49. The zero-order valence-corrected chi connectivity index (χ0v) is 16.1. The zero-order valence-electron chi connectivity index (χ0n) is 15.2. The van der Waals surface area contributed by atoms with Gasteiger partial charge in [0.2, 0.25) is 5.85 Å². The van der Waals surface area contributed by atoms with Gasteiger partial charge in [-0.1, -0.05) is 18.2 Å². The number of hydrogen-bond acceptors (Lipinski definition) is 9. The number of phosphoric acid groups is 1. The van der Waals surface area contributed by atoms with Crippen molar-refractivity contribution in [3.63, 3.8) is 0 Å². The molecule has 2 aliphatic rings. The Morgan fingerprint density at radius 1 is 1.40 bits per heavy atom. The Kier molecular flexibility index (Phi) is 5.20. The van der Waals surface area contributed by atoms with Crippen molar-refractivity contribution >= 4 is 14.1 Å². The van der Waals surface area contributed by atoms with Gasteiger partial charge in [0.1, 0.15) is 18.5 Å². The third kappa shape index (κ3) is 3.87. The number of benzene rings is 1. The van der Waals surface area contributed by atoms with Gasteiger partial charge in [-0.15, -0.1) is 0 Å². The molecule has 2 aliphatic heterocycles. The Bertz CT molecular complexity index is 1150. The lowest BCUT2D eigenvalue weighted by molar-refractivity contribution is -0.179. The first-order valence-corrected chi connectivity index (χ1v) is 10.2. The van der Waals surface area contributed by atoms with Crippen LogP contribution in [-0.4, -0.2) is 39.5 Å². The highest BCUT2D eigenvalue weighted by Gasteiger charge is 2.50. The molecular formula is C17H16FN2O9P. The minimum Gasteiger partial charge on any atom is -0.404 e. The Morgan fingerprint density at radius 3 is 2.93 bits per heavy atom. The lowest BCUT2D eigenvalue weighted by Gasteiger charge is -2.27. The summed E-state index contributed by atoms with van der Waals surface area (Å²) in [7, 11) is -4.14. The normalized spacial score (nSPS) is 30.5. The number of fused-ring (bicyclic) bond motifs is 1. The number of nitrogens with zero attached hydrogens (tertiary/aromatic N) is 1. The first-order valence-electron chi connectivity index (χ1n) is 8.74. The molecule has 0 saturated carbocycles. The number of ether oxygens (including phenoxy) is 1. The van der Waals surface area contributed by atoms with Crippen LogP contribution in [0.4, 0.5) is 4.39 Å². The Morgan fingerprint density at radius 2 is 2.17 bits per heavy atom. The van der Waals surface area contributed by atoms with Crippen LogP contribution < -0.4 is 15.8 Å². The molecule has 0 radical (unpaired) electrons. The van der Waals surface area contributed by atoms with Crippen LogP contribution in [-0.2, 0) is 25.0 Å². The van der Waals surface area contributed by atoms with Gasteiger partial charge in [-0.05, 0) is 6.07 Å². The maximum Gasteiger partial charge on any atom is 0.530 e. The smallest absolute Gasteiger partial charge is 0.404 e. The van der Waals surface area contributed by atoms with Crippen molar-refractivity contribution in [2.45, 2.75) is 31.2 Å². The number of H-pyrrole nitrogens is 1. The van der Waals surface area contributed by atoms with E-state index in [1.165, 1.54) is 0 Å². The van der Waals surface area contributed by atoms with Gasteiger partial charge in [-0.3, -0.25) is 28.2 Å². The molecule has 160 valence electrons. The van der Waals surface area contributed by atoms with E-state index in [0.717, 1.165) is 6.20 Å². The summed E-state index contributed by atoms with van der Waals surface area (Å²) in [5.74, 6) is -2.38. The number of aliphatic hydroxyl groups excluding tert-OH is 1. The molecule has 13 heteroatoms. The predicted octanol–water partition coefficient (Wildman–Crippen LogP) is 1.03. The number of nitrogens with one attached hydrogen (secondary N) is 1. The Hall–Kier alpha value is -2.63. The molecule has 4 rings (SSSR count). The van der Waals surface area contributed by atoms with Crippen LogP contribution in [0.25, 0.3) is 0 Å². The van der Waals surface area contributed by atoms with Crippen LogP contribution in [0.1, 0.15) is 28.6 Å². The molecule has 1 aromatic heterocycles. The molecule has 1 aromatic carbocycles. The van der Waals surface area contributed by atoms with E-state index < -0.39 is 55.8 Å². The van der Waals surface area contributed by atoms with Crippen molar-refractivity contribution in [2.75, 3.05) is 6.61 Å². The second-order valence-corrected chi connectivity index (χ2v) is 8.32. The standard InChI is InChI=1S/C17H16FN2O9P/c18-17(9-27-30(25)26-8-10-3-1-2-4-13(10)29-30)5-12(22)15(28-17)20-6-11(7-21)14(23)19-16(20)24/h1-4,6-7,12,15,22H,5,8-9H2,(H,19,23,24)/t12-,15-,17+,30?/m1/s1. The van der Waals surface area contributed by atoms with Gasteiger partial charge in [0, 0.05) is 18.2 Å². The number of rotatable bonds is 5. The first kappa shape index (κ1) is 20.6. The number of para-hydroxylation sites is 1. The quantitative estimate of drug-likeness (QED) is 0.512. The minimum absolute atomic E-state index is 0.0694. The van der Waals surface area contributed by atoms with E-state index in [1.54, 1.807) is 24.3 Å². The summed E-state index contributed by atoms with van der Waals surface area (Å²) in [6.45, 7) is -1.00. The monoisotopic (exact) mass is 442 g/mol. The van der Waals surface area contributed by atoms with Gasteiger partial charge < -0.3 is 14.4 Å². The molecule has 2 aromatic rings. The maximum atomic E-state index is 15.1. The van der Waals surface area contributed by atoms with Crippen molar-refractivity contribution in [3.05, 3.63) is 62.4 Å². The number of halogens is 1. The number of aromatic amines is 1. The van der Waals surface area contributed by atoms with Gasteiger partial charge >= 0.3 is 13.5 Å². The van der Waals surface area contributed by atoms with E-state index in [1.807, 2.05) is 4.98 Å². The van der Waals surface area contributed by atoms with Crippen LogP contribution in [0, 0.1) is 0 Å². The van der Waals surface area contributed by atoms with Crippen LogP contribution in [0.5, 0.6) is 5.75 Å². The number of alkyl halides is 1. The molecule has 11 nitrogen and oxygen atoms in total. The summed E-state index contributed by atoms with van der Waals surface area (Å²) in [4.78, 5) is 36.3. The van der Waals surface area contributed by atoms with Gasteiger partial charge in [-0.2, -0.15) is 0 Å². The lowest BCUT2D eigenvalue weighted by atomic mass is 10.2. The topological polar surface area (TPSA) is 146 Å². The van der Waals surface area contributed by atoms with E-state index in [-0.39, 0.29) is 18.6 Å². The van der Waals surface area contributed by atoms with Gasteiger partial charge in [-0.25, -0.2) is 13.8 Å². The number of aliphatic hydroxyl groups is 1. The summed E-state index contributed by atoms with van der Waals surface area (Å²) in [6.07, 6.45) is -2.69. The second-order valence-electron chi connectivity index (χ2n) is 6.72. The molecule has 4 atom stereocenters. The maximum absolute atomic E-state index is 15.1.